The van der Waals surface area contributed by atoms with Crippen LogP contribution in [0.2, 0.25) is 0 Å². The van der Waals surface area contributed by atoms with Gasteiger partial charge in [-0.1, -0.05) is 0 Å². The van der Waals surface area contributed by atoms with Crippen molar-refractivity contribution in [3.63, 3.8) is 0 Å². The number of nitrogens with two attached hydrogens (primary N) is 2. The summed E-state index contributed by atoms with van der Waals surface area (Å²) in [7, 11) is 0. The molecule has 0 saturated heterocycles. The first-order valence-electron chi connectivity index (χ1n) is 3.62. The lowest BCUT2D eigenvalue weighted by atomic mass is 10.5. The van der Waals surface area contributed by atoms with Crippen molar-refractivity contribution in [1.82, 2.24) is 19.5 Å². The van der Waals surface area contributed by atoms with Crippen LogP contribution in [0.15, 0.2) is 4.79 Å². The second kappa shape index (κ2) is 2.55. The van der Waals surface area contributed by atoms with Crippen molar-refractivity contribution in [2.75, 3.05) is 11.5 Å². The van der Waals surface area contributed by atoms with Crippen molar-refractivity contribution >= 4 is 29.3 Å². The Morgan fingerprint density at radius 2 is 2.07 bits per heavy atom. The minimum absolute atomic E-state index is 0.0158. The molecule has 2 heterocycles. The van der Waals surface area contributed by atoms with E-state index >= 15 is 0 Å². The van der Waals surface area contributed by atoms with Crippen LogP contribution < -0.4 is 17.2 Å². The summed E-state index contributed by atoms with van der Waals surface area (Å²) in [6, 6.07) is 0. The van der Waals surface area contributed by atoms with E-state index in [4.69, 9.17) is 11.5 Å². The maximum Gasteiger partial charge on any atom is 0.334 e. The van der Waals surface area contributed by atoms with Crippen LogP contribution in [-0.2, 0) is 4.79 Å². The zero-order valence-electron chi connectivity index (χ0n) is 6.89. The molecule has 2 aromatic rings. The number of carbonyl (C=O) groups excluding carboxylic acids is 1. The Morgan fingerprint density at radius 3 is 2.71 bits per heavy atom. The summed E-state index contributed by atoms with van der Waals surface area (Å²) in [4.78, 5) is 31.4. The van der Waals surface area contributed by atoms with Gasteiger partial charge in [-0.2, -0.15) is 9.97 Å². The molecule has 5 N–H and O–H groups in total. The van der Waals surface area contributed by atoms with Crippen molar-refractivity contribution in [2.24, 2.45) is 0 Å². The standard InChI is InChI=1S/C6H6N6O2/c7-3-2-4(10-5(8)9-3)11-6(14)12(2)1-13/h1H,(H5,7,8,9,10,11,14). The maximum atomic E-state index is 11.1. The number of hydrogen-bond acceptors (Lipinski definition) is 6. The average Bonchev–Trinajstić information content (AvgIpc) is 2.40. The molecule has 0 fully saturated rings. The van der Waals surface area contributed by atoms with Gasteiger partial charge in [-0.3, -0.25) is 9.78 Å². The van der Waals surface area contributed by atoms with Gasteiger partial charge in [0.25, 0.3) is 0 Å². The molecule has 0 spiro atoms. The normalized spacial score (nSPS) is 10.6. The quantitative estimate of drug-likeness (QED) is 0.464. The van der Waals surface area contributed by atoms with Gasteiger partial charge in [-0.05, 0) is 0 Å². The van der Waals surface area contributed by atoms with Gasteiger partial charge in [0.1, 0.15) is 5.52 Å². The molecule has 0 bridgehead atoms. The molecule has 2 rings (SSSR count). The summed E-state index contributed by atoms with van der Waals surface area (Å²) in [6.07, 6.45) is 0.330. The van der Waals surface area contributed by atoms with E-state index in [0.29, 0.717) is 6.41 Å². The third-order valence-electron chi connectivity index (χ3n) is 1.72. The Balaban J connectivity index is 3.02. The number of hydrogen-bond donors (Lipinski definition) is 3. The second-order valence-electron chi connectivity index (χ2n) is 2.57. The summed E-state index contributed by atoms with van der Waals surface area (Å²) >= 11 is 0. The van der Waals surface area contributed by atoms with E-state index in [0.717, 1.165) is 4.57 Å². The summed E-state index contributed by atoms with van der Waals surface area (Å²) in [6.45, 7) is 0. The Morgan fingerprint density at radius 1 is 1.36 bits per heavy atom. The predicted molar refractivity (Wildman–Crippen MR) is 49.1 cm³/mol. The van der Waals surface area contributed by atoms with E-state index in [1.165, 1.54) is 0 Å². The molecule has 0 radical (unpaired) electrons. The van der Waals surface area contributed by atoms with Crippen LogP contribution in [0.5, 0.6) is 0 Å². The summed E-state index contributed by atoms with van der Waals surface area (Å²) in [5.41, 5.74) is 10.4. The zero-order valence-corrected chi connectivity index (χ0v) is 6.89. The first-order chi connectivity index (χ1) is 6.63. The van der Waals surface area contributed by atoms with Gasteiger partial charge in [0.15, 0.2) is 11.5 Å². The molecule has 72 valence electrons. The van der Waals surface area contributed by atoms with Gasteiger partial charge in [-0.25, -0.2) is 9.36 Å². The topological polar surface area (TPSA) is 133 Å². The number of fused-ring (bicyclic) bond motifs is 1. The molecular formula is C6H6N6O2. The molecule has 0 amide bonds. The SMILES string of the molecule is Nc1nc(N)c2c(n1)[nH]c(=O)n2C=O. The molecule has 0 saturated carbocycles. The van der Waals surface area contributed by atoms with E-state index in [9.17, 15) is 9.59 Å². The molecule has 8 heteroatoms. The van der Waals surface area contributed by atoms with Crippen molar-refractivity contribution in [3.8, 4) is 0 Å². The third kappa shape index (κ3) is 0.937. The van der Waals surface area contributed by atoms with Gasteiger partial charge >= 0.3 is 5.69 Å². The average molecular weight is 194 g/mol. The number of aromatic amines is 1. The molecular weight excluding hydrogens is 188 g/mol. The fourth-order valence-electron chi connectivity index (χ4n) is 1.18. The minimum atomic E-state index is -0.624. The minimum Gasteiger partial charge on any atom is -0.382 e. The lowest BCUT2D eigenvalue weighted by Crippen LogP contribution is -2.16. The summed E-state index contributed by atoms with van der Waals surface area (Å²) in [5, 5.41) is 0. The molecule has 0 aliphatic carbocycles. The van der Waals surface area contributed by atoms with E-state index in [-0.39, 0.29) is 22.9 Å². The van der Waals surface area contributed by atoms with Crippen LogP contribution in [0.4, 0.5) is 11.8 Å². The Kier molecular flexibility index (Phi) is 1.50. The molecule has 8 nitrogen and oxygen atoms in total. The number of aromatic nitrogens is 4. The Labute approximate surface area is 76.6 Å². The van der Waals surface area contributed by atoms with Crippen molar-refractivity contribution in [2.45, 2.75) is 0 Å². The van der Waals surface area contributed by atoms with E-state index in [2.05, 4.69) is 15.0 Å². The second-order valence-corrected chi connectivity index (χ2v) is 2.57. The summed E-state index contributed by atoms with van der Waals surface area (Å²) < 4.78 is 0.782. The lowest BCUT2D eigenvalue weighted by molar-refractivity contribution is 0.547. The highest BCUT2D eigenvalue weighted by molar-refractivity contribution is 5.87. The zero-order chi connectivity index (χ0) is 10.3. The van der Waals surface area contributed by atoms with Crippen molar-refractivity contribution < 1.29 is 4.79 Å². The van der Waals surface area contributed by atoms with Gasteiger partial charge in [0, 0.05) is 0 Å². The molecule has 0 atom stereocenters. The number of H-pyrrole nitrogens is 1. The highest BCUT2D eigenvalue weighted by atomic mass is 16.2. The largest absolute Gasteiger partial charge is 0.382 e. The highest BCUT2D eigenvalue weighted by Gasteiger charge is 2.11. The molecule has 0 unspecified atom stereocenters. The van der Waals surface area contributed by atoms with Crippen LogP contribution in [0.1, 0.15) is 0 Å². The molecule has 0 aromatic carbocycles. The lowest BCUT2D eigenvalue weighted by Gasteiger charge is -1.97. The van der Waals surface area contributed by atoms with E-state index in [1.807, 2.05) is 0 Å². The van der Waals surface area contributed by atoms with Gasteiger partial charge < -0.3 is 11.5 Å². The molecule has 2 aromatic heterocycles. The monoisotopic (exact) mass is 194 g/mol. The van der Waals surface area contributed by atoms with Crippen LogP contribution in [0.25, 0.3) is 11.2 Å². The van der Waals surface area contributed by atoms with Crippen LogP contribution in [0.3, 0.4) is 0 Å². The first-order valence-corrected chi connectivity index (χ1v) is 3.62. The number of imidazole rings is 1. The predicted octanol–water partition coefficient (Wildman–Crippen LogP) is -1.68. The number of nitrogens with one attached hydrogen (secondary N) is 1. The van der Waals surface area contributed by atoms with E-state index in [1.54, 1.807) is 0 Å². The Hall–Kier alpha value is -2.38. The third-order valence-corrected chi connectivity index (χ3v) is 1.72. The van der Waals surface area contributed by atoms with Crippen molar-refractivity contribution in [3.05, 3.63) is 10.5 Å². The summed E-state index contributed by atoms with van der Waals surface area (Å²) in [5.74, 6) is -0.0766. The fourth-order valence-corrected chi connectivity index (χ4v) is 1.18. The molecule has 0 aliphatic rings. The number of carbonyl (C=O) groups is 1. The number of nitrogens with zero attached hydrogens (tertiary/aromatic N) is 3. The fraction of sp³-hybridized carbons (Fsp3) is 0. The van der Waals surface area contributed by atoms with Crippen molar-refractivity contribution in [1.29, 1.82) is 0 Å². The highest BCUT2D eigenvalue weighted by Crippen LogP contribution is 2.13. The first kappa shape index (κ1) is 8.23. The smallest absolute Gasteiger partial charge is 0.334 e. The number of rotatable bonds is 1. The molecule has 0 aliphatic heterocycles. The number of anilines is 2. The van der Waals surface area contributed by atoms with E-state index < -0.39 is 5.69 Å². The van der Waals surface area contributed by atoms with Gasteiger partial charge in [0.2, 0.25) is 12.4 Å². The van der Waals surface area contributed by atoms with Gasteiger partial charge in [-0.15, -0.1) is 0 Å². The van der Waals surface area contributed by atoms with Gasteiger partial charge in [0.05, 0.1) is 0 Å². The van der Waals surface area contributed by atoms with Crippen LogP contribution in [-0.4, -0.2) is 25.9 Å². The van der Waals surface area contributed by atoms with Crippen LogP contribution in [0, 0.1) is 0 Å². The number of nitrogen functional groups attached to an aromatic ring is 2. The van der Waals surface area contributed by atoms with Crippen LogP contribution >= 0.6 is 0 Å². The maximum absolute atomic E-state index is 11.1. The molecule has 14 heavy (non-hydrogen) atoms. The Bertz CT molecular complexity index is 567.